The number of pyridine rings is 1. The zero-order chi connectivity index (χ0) is 23.8. The van der Waals surface area contributed by atoms with Crippen LogP contribution in [0.15, 0.2) is 93.7 Å². The molecule has 0 amide bonds. The van der Waals surface area contributed by atoms with Gasteiger partial charge in [-0.2, -0.15) is 0 Å². The lowest BCUT2D eigenvalue weighted by molar-refractivity contribution is 0.0757. The molecule has 0 bridgehead atoms. The molecule has 6 rings (SSSR count). The van der Waals surface area contributed by atoms with Gasteiger partial charge in [-0.15, -0.1) is 0 Å². The molecule has 35 heavy (non-hydrogen) atoms. The van der Waals surface area contributed by atoms with Crippen LogP contribution in [0.3, 0.4) is 0 Å². The van der Waals surface area contributed by atoms with Gasteiger partial charge >= 0.3 is 0 Å². The van der Waals surface area contributed by atoms with Gasteiger partial charge in [-0.25, -0.2) is 9.97 Å². The van der Waals surface area contributed by atoms with Gasteiger partial charge in [-0.1, -0.05) is 42.1 Å². The Bertz CT molecular complexity index is 1680. The molecular weight excluding hydrogens is 464 g/mol. The normalized spacial score (nSPS) is 14.9. The Kier molecular flexibility index (Phi) is 5.46. The first-order chi connectivity index (χ1) is 17.2. The Morgan fingerprint density at radius 1 is 0.943 bits per heavy atom. The van der Waals surface area contributed by atoms with Crippen molar-refractivity contribution in [1.29, 1.82) is 0 Å². The molecule has 2 aromatic carbocycles. The highest BCUT2D eigenvalue weighted by Crippen LogP contribution is 2.31. The van der Waals surface area contributed by atoms with Crippen molar-refractivity contribution in [2.24, 2.45) is 0 Å². The van der Waals surface area contributed by atoms with Crippen molar-refractivity contribution >= 4 is 28.3 Å². The molecule has 0 saturated carbocycles. The van der Waals surface area contributed by atoms with Crippen LogP contribution in [0.4, 0.5) is 0 Å². The van der Waals surface area contributed by atoms with E-state index in [0.717, 1.165) is 0 Å². The fraction of sp³-hybridized carbons (Fsp3) is 0.154. The average molecular weight is 485 g/mol. The number of benzene rings is 2. The Hall–Kier alpha value is -4.11. The molecule has 174 valence electrons. The fourth-order valence-electron chi connectivity index (χ4n) is 4.09. The van der Waals surface area contributed by atoms with E-state index in [-0.39, 0.29) is 23.8 Å². The molecule has 0 radical (unpaired) electrons. The maximum absolute atomic E-state index is 13.5. The highest BCUT2D eigenvalue weighted by Gasteiger charge is 2.23. The van der Waals surface area contributed by atoms with E-state index in [9.17, 15) is 9.59 Å². The highest BCUT2D eigenvalue weighted by molar-refractivity contribution is 7.98. The van der Waals surface area contributed by atoms with Gasteiger partial charge in [-0.05, 0) is 36.4 Å². The standard InChI is InChI=1S/C26H20N4O4S/c31-24-13-17(27-23-11-5-6-12-29(23)24)16-35-26-28-20-8-2-1-7-19(20)25(32)30(26)14-18-15-33-21-9-3-4-10-22(21)34-18/h1-13,18H,14-16H2/t18-/m0/s1. The predicted octanol–water partition coefficient (Wildman–Crippen LogP) is 3.54. The van der Waals surface area contributed by atoms with Crippen molar-refractivity contribution in [3.63, 3.8) is 0 Å². The summed E-state index contributed by atoms with van der Waals surface area (Å²) in [5.41, 5.74) is 1.51. The summed E-state index contributed by atoms with van der Waals surface area (Å²) in [6.45, 7) is 0.602. The summed E-state index contributed by atoms with van der Waals surface area (Å²) >= 11 is 1.37. The molecule has 8 nitrogen and oxygen atoms in total. The van der Waals surface area contributed by atoms with E-state index in [2.05, 4.69) is 4.98 Å². The summed E-state index contributed by atoms with van der Waals surface area (Å²) in [6.07, 6.45) is 1.34. The van der Waals surface area contributed by atoms with E-state index >= 15 is 0 Å². The van der Waals surface area contributed by atoms with Crippen molar-refractivity contribution < 1.29 is 9.47 Å². The number of ether oxygens (including phenoxy) is 2. The van der Waals surface area contributed by atoms with Crippen LogP contribution in [0.25, 0.3) is 16.6 Å². The smallest absolute Gasteiger partial charge is 0.262 e. The minimum atomic E-state index is -0.353. The van der Waals surface area contributed by atoms with Gasteiger partial charge in [0, 0.05) is 18.0 Å². The Balaban J connectivity index is 1.34. The first kappa shape index (κ1) is 21.4. The third kappa shape index (κ3) is 4.15. The molecule has 5 aromatic rings. The quantitative estimate of drug-likeness (QED) is 0.279. The molecule has 0 aliphatic carbocycles. The van der Waals surface area contributed by atoms with E-state index in [0.29, 0.717) is 51.3 Å². The highest BCUT2D eigenvalue weighted by atomic mass is 32.2. The lowest BCUT2D eigenvalue weighted by Crippen LogP contribution is -2.37. The average Bonchev–Trinajstić information content (AvgIpc) is 2.89. The van der Waals surface area contributed by atoms with E-state index in [4.69, 9.17) is 14.5 Å². The van der Waals surface area contributed by atoms with Crippen LogP contribution in [-0.2, 0) is 12.3 Å². The lowest BCUT2D eigenvalue weighted by atomic mass is 10.2. The van der Waals surface area contributed by atoms with Gasteiger partial charge in [-0.3, -0.25) is 18.6 Å². The number of thioether (sulfide) groups is 1. The van der Waals surface area contributed by atoms with Crippen LogP contribution in [0.5, 0.6) is 11.5 Å². The third-order valence-corrected chi connectivity index (χ3v) is 6.76. The Morgan fingerprint density at radius 3 is 2.66 bits per heavy atom. The van der Waals surface area contributed by atoms with Crippen LogP contribution in [0, 0.1) is 0 Å². The molecule has 1 aliphatic heterocycles. The third-order valence-electron chi connectivity index (χ3n) is 5.75. The Labute approximate surface area is 203 Å². The van der Waals surface area contributed by atoms with Gasteiger partial charge in [0.15, 0.2) is 22.8 Å². The van der Waals surface area contributed by atoms with Crippen LogP contribution in [0.1, 0.15) is 5.69 Å². The van der Waals surface area contributed by atoms with Gasteiger partial charge in [0.1, 0.15) is 12.3 Å². The molecule has 9 heteroatoms. The van der Waals surface area contributed by atoms with Crippen molar-refractivity contribution in [3.8, 4) is 11.5 Å². The lowest BCUT2D eigenvalue weighted by Gasteiger charge is -2.27. The molecule has 0 fully saturated rings. The number of fused-ring (bicyclic) bond motifs is 3. The number of aromatic nitrogens is 4. The number of nitrogens with zero attached hydrogens (tertiary/aromatic N) is 4. The molecular formula is C26H20N4O4S. The van der Waals surface area contributed by atoms with Crippen LogP contribution in [-0.4, -0.2) is 31.6 Å². The molecule has 4 heterocycles. The zero-order valence-electron chi connectivity index (χ0n) is 18.5. The first-order valence-corrected chi connectivity index (χ1v) is 12.1. The van der Waals surface area contributed by atoms with E-state index in [1.807, 2.05) is 48.5 Å². The predicted molar refractivity (Wildman–Crippen MR) is 133 cm³/mol. The van der Waals surface area contributed by atoms with E-state index < -0.39 is 0 Å². The molecule has 0 saturated heterocycles. The van der Waals surface area contributed by atoms with E-state index in [1.54, 1.807) is 29.0 Å². The van der Waals surface area contributed by atoms with E-state index in [1.165, 1.54) is 22.2 Å². The van der Waals surface area contributed by atoms with Crippen molar-refractivity contribution in [3.05, 3.63) is 105 Å². The summed E-state index contributed by atoms with van der Waals surface area (Å²) in [7, 11) is 0. The molecule has 1 atom stereocenters. The second-order valence-electron chi connectivity index (χ2n) is 8.13. The molecule has 0 unspecified atom stereocenters. The van der Waals surface area contributed by atoms with Gasteiger partial charge in [0.25, 0.3) is 11.1 Å². The monoisotopic (exact) mass is 484 g/mol. The summed E-state index contributed by atoms with van der Waals surface area (Å²) in [5, 5.41) is 1.07. The van der Waals surface area contributed by atoms with Crippen molar-refractivity contribution in [1.82, 2.24) is 18.9 Å². The number of para-hydroxylation sites is 3. The summed E-state index contributed by atoms with van der Waals surface area (Å²) < 4.78 is 15.1. The van der Waals surface area contributed by atoms with Crippen LogP contribution in [0.2, 0.25) is 0 Å². The Morgan fingerprint density at radius 2 is 1.74 bits per heavy atom. The second-order valence-corrected chi connectivity index (χ2v) is 9.07. The topological polar surface area (TPSA) is 87.7 Å². The molecule has 3 aromatic heterocycles. The van der Waals surface area contributed by atoms with Crippen LogP contribution >= 0.6 is 11.8 Å². The number of hydrogen-bond acceptors (Lipinski definition) is 7. The van der Waals surface area contributed by atoms with Gasteiger partial charge in [0.05, 0.1) is 23.1 Å². The molecule has 1 aliphatic rings. The minimum Gasteiger partial charge on any atom is -0.486 e. The molecule has 0 spiro atoms. The van der Waals surface area contributed by atoms with Gasteiger partial charge < -0.3 is 9.47 Å². The number of rotatable bonds is 5. The first-order valence-electron chi connectivity index (χ1n) is 11.1. The summed E-state index contributed by atoms with van der Waals surface area (Å²) in [6, 6.07) is 21.7. The largest absolute Gasteiger partial charge is 0.486 e. The fourth-order valence-corrected chi connectivity index (χ4v) is 4.99. The summed E-state index contributed by atoms with van der Waals surface area (Å²) in [4.78, 5) is 35.3. The minimum absolute atomic E-state index is 0.146. The number of hydrogen-bond donors (Lipinski definition) is 0. The van der Waals surface area contributed by atoms with Crippen molar-refractivity contribution in [2.45, 2.75) is 23.6 Å². The zero-order valence-corrected chi connectivity index (χ0v) is 19.4. The van der Waals surface area contributed by atoms with Gasteiger partial charge in [0.2, 0.25) is 0 Å². The van der Waals surface area contributed by atoms with Crippen LogP contribution < -0.4 is 20.6 Å². The maximum Gasteiger partial charge on any atom is 0.262 e. The second kappa shape index (κ2) is 8.92. The molecule has 0 N–H and O–H groups in total. The SMILES string of the molecule is O=c1c2ccccc2nc(SCc2cc(=O)n3ccccc3n2)n1C[C@H]1COc2ccccc2O1. The maximum atomic E-state index is 13.5. The summed E-state index contributed by atoms with van der Waals surface area (Å²) in [5.74, 6) is 1.73. The van der Waals surface area contributed by atoms with Crippen molar-refractivity contribution in [2.75, 3.05) is 6.61 Å².